The number of aryl methyl sites for hydroxylation is 1. The molecule has 7 nitrogen and oxygen atoms in total. The number of nitrogens with one attached hydrogen (secondary N) is 1. The minimum Gasteiger partial charge on any atom is -0.354 e. The molecular formula is C35H37BrClN3O4S. The Labute approximate surface area is 279 Å². The van der Waals surface area contributed by atoms with Crippen LogP contribution in [0.2, 0.25) is 5.02 Å². The predicted molar refractivity (Wildman–Crippen MR) is 184 cm³/mol. The quantitative estimate of drug-likeness (QED) is 0.141. The first-order valence-electron chi connectivity index (χ1n) is 14.8. The average Bonchev–Trinajstić information content (AvgIpc) is 3.02. The Morgan fingerprint density at radius 1 is 0.889 bits per heavy atom. The summed E-state index contributed by atoms with van der Waals surface area (Å²) in [6, 6.07) is 29.0. The summed E-state index contributed by atoms with van der Waals surface area (Å²) in [5.74, 6) is -0.805. The molecule has 1 atom stereocenters. The highest BCUT2D eigenvalue weighted by Crippen LogP contribution is 2.28. The number of carbonyl (C=O) groups excluding carboxylic acids is 2. The number of anilines is 1. The fraction of sp³-hybridized carbons (Fsp3) is 0.257. The molecule has 4 aromatic carbocycles. The van der Waals surface area contributed by atoms with Crippen molar-refractivity contribution in [1.82, 2.24) is 10.2 Å². The zero-order chi connectivity index (χ0) is 32.4. The number of hydrogen-bond acceptors (Lipinski definition) is 4. The van der Waals surface area contributed by atoms with E-state index in [-0.39, 0.29) is 23.8 Å². The van der Waals surface area contributed by atoms with E-state index in [4.69, 9.17) is 11.6 Å². The van der Waals surface area contributed by atoms with Gasteiger partial charge in [0.2, 0.25) is 11.8 Å². The third-order valence-electron chi connectivity index (χ3n) is 7.41. The Morgan fingerprint density at radius 2 is 1.56 bits per heavy atom. The normalized spacial score (nSPS) is 11.9. The number of halogens is 2. The zero-order valence-corrected chi connectivity index (χ0v) is 28.5. The second-order valence-corrected chi connectivity index (χ2v) is 14.0. The first-order valence-corrected chi connectivity index (χ1v) is 17.4. The van der Waals surface area contributed by atoms with Gasteiger partial charge in [0, 0.05) is 29.0 Å². The van der Waals surface area contributed by atoms with Crippen molar-refractivity contribution in [2.75, 3.05) is 17.4 Å². The van der Waals surface area contributed by atoms with Gasteiger partial charge >= 0.3 is 0 Å². The van der Waals surface area contributed by atoms with Crippen molar-refractivity contribution < 1.29 is 18.0 Å². The Morgan fingerprint density at radius 3 is 2.22 bits per heavy atom. The van der Waals surface area contributed by atoms with Gasteiger partial charge in [0.1, 0.15) is 12.6 Å². The molecule has 1 N–H and O–H groups in total. The fourth-order valence-electron chi connectivity index (χ4n) is 4.98. The van der Waals surface area contributed by atoms with Crippen LogP contribution in [0, 0.1) is 6.92 Å². The van der Waals surface area contributed by atoms with Crippen LogP contribution in [0.4, 0.5) is 5.69 Å². The van der Waals surface area contributed by atoms with E-state index in [1.54, 1.807) is 25.1 Å². The number of sulfonamides is 1. The minimum atomic E-state index is -4.20. The molecule has 4 aromatic rings. The summed E-state index contributed by atoms with van der Waals surface area (Å²) in [7, 11) is -4.20. The van der Waals surface area contributed by atoms with Gasteiger partial charge in [-0.05, 0) is 72.5 Å². The van der Waals surface area contributed by atoms with E-state index >= 15 is 0 Å². The molecule has 0 aliphatic rings. The summed E-state index contributed by atoms with van der Waals surface area (Å²) in [6.45, 7) is 3.89. The van der Waals surface area contributed by atoms with Gasteiger partial charge in [-0.3, -0.25) is 13.9 Å². The monoisotopic (exact) mass is 709 g/mol. The van der Waals surface area contributed by atoms with Gasteiger partial charge in [-0.2, -0.15) is 0 Å². The van der Waals surface area contributed by atoms with Crippen molar-refractivity contribution in [2.45, 2.75) is 50.6 Å². The van der Waals surface area contributed by atoms with E-state index in [0.717, 1.165) is 32.7 Å². The molecule has 0 heterocycles. The lowest BCUT2D eigenvalue weighted by Gasteiger charge is -2.34. The van der Waals surface area contributed by atoms with Crippen LogP contribution in [0.1, 0.15) is 36.5 Å². The van der Waals surface area contributed by atoms with Gasteiger partial charge in [0.25, 0.3) is 10.0 Å². The topological polar surface area (TPSA) is 86.8 Å². The van der Waals surface area contributed by atoms with Crippen molar-refractivity contribution in [1.29, 1.82) is 0 Å². The molecular weight excluding hydrogens is 674 g/mol. The van der Waals surface area contributed by atoms with Crippen LogP contribution in [0.3, 0.4) is 0 Å². The number of nitrogens with zero attached hydrogens (tertiary/aromatic N) is 2. The van der Waals surface area contributed by atoms with E-state index in [1.807, 2.05) is 67.6 Å². The molecule has 0 radical (unpaired) electrons. The minimum absolute atomic E-state index is 0.000336. The summed E-state index contributed by atoms with van der Waals surface area (Å²) in [5, 5.41) is 3.40. The third-order valence-corrected chi connectivity index (χ3v) is 9.93. The second-order valence-electron chi connectivity index (χ2n) is 10.8. The third kappa shape index (κ3) is 9.19. The van der Waals surface area contributed by atoms with E-state index in [0.29, 0.717) is 22.8 Å². The summed E-state index contributed by atoms with van der Waals surface area (Å²) < 4.78 is 30.3. The molecule has 0 aliphatic carbocycles. The van der Waals surface area contributed by atoms with Crippen LogP contribution in [-0.2, 0) is 32.6 Å². The van der Waals surface area contributed by atoms with E-state index < -0.39 is 28.5 Å². The van der Waals surface area contributed by atoms with Gasteiger partial charge in [-0.1, -0.05) is 102 Å². The average molecular weight is 711 g/mol. The van der Waals surface area contributed by atoms with Crippen molar-refractivity contribution >= 4 is 55.1 Å². The van der Waals surface area contributed by atoms with Crippen molar-refractivity contribution in [3.63, 3.8) is 0 Å². The number of benzene rings is 4. The first-order chi connectivity index (χ1) is 21.6. The molecule has 0 unspecified atom stereocenters. The molecule has 10 heteroatoms. The second kappa shape index (κ2) is 16.1. The van der Waals surface area contributed by atoms with Crippen molar-refractivity contribution in [3.05, 3.63) is 129 Å². The summed E-state index contributed by atoms with van der Waals surface area (Å²) in [4.78, 5) is 29.9. The van der Waals surface area contributed by atoms with Gasteiger partial charge in [0.05, 0.1) is 10.6 Å². The molecule has 0 bridgehead atoms. The lowest BCUT2D eigenvalue weighted by molar-refractivity contribution is -0.140. The van der Waals surface area contributed by atoms with Gasteiger partial charge < -0.3 is 10.2 Å². The maximum absolute atomic E-state index is 14.5. The van der Waals surface area contributed by atoms with Crippen LogP contribution in [0.15, 0.2) is 112 Å². The van der Waals surface area contributed by atoms with Gasteiger partial charge in [-0.15, -0.1) is 0 Å². The highest BCUT2D eigenvalue weighted by atomic mass is 79.9. The number of hydrogen-bond donors (Lipinski definition) is 1. The smallest absolute Gasteiger partial charge is 0.264 e. The molecule has 0 aliphatic heterocycles. The van der Waals surface area contributed by atoms with Gasteiger partial charge in [-0.25, -0.2) is 8.42 Å². The number of para-hydroxylation sites is 1. The standard InChI is InChI=1S/C35H37BrClN3O4S/c1-3-4-21-38-35(42)33(23-27-12-6-5-7-13-27)39(24-28-14-10-15-29(36)22-28)34(41)25-40(32-16-9-8-11-26(32)2)45(43,44)31-19-17-30(37)18-20-31/h5-20,22,33H,3-4,21,23-25H2,1-2H3,(H,38,42)/t33-/m0/s1. The highest BCUT2D eigenvalue weighted by Gasteiger charge is 2.35. The SMILES string of the molecule is CCCCNC(=O)[C@H](Cc1ccccc1)N(Cc1cccc(Br)c1)C(=O)CN(c1ccccc1C)S(=O)(=O)c1ccc(Cl)cc1. The van der Waals surface area contributed by atoms with E-state index in [2.05, 4.69) is 21.2 Å². The number of unbranched alkanes of at least 4 members (excludes halogenated alkanes) is 1. The summed E-state index contributed by atoms with van der Waals surface area (Å²) >= 11 is 9.57. The van der Waals surface area contributed by atoms with Crippen LogP contribution in [-0.4, -0.2) is 44.3 Å². The lowest BCUT2D eigenvalue weighted by atomic mass is 10.0. The summed E-state index contributed by atoms with van der Waals surface area (Å²) in [6.07, 6.45) is 1.95. The first kappa shape index (κ1) is 34.2. The number of carbonyl (C=O) groups is 2. The Kier molecular flexibility index (Phi) is 12.2. The van der Waals surface area contributed by atoms with Crippen molar-refractivity contribution in [3.8, 4) is 0 Å². The van der Waals surface area contributed by atoms with Crippen molar-refractivity contribution in [2.24, 2.45) is 0 Å². The highest BCUT2D eigenvalue weighted by molar-refractivity contribution is 9.10. The summed E-state index contributed by atoms with van der Waals surface area (Å²) in [5.41, 5.74) is 2.72. The largest absolute Gasteiger partial charge is 0.354 e. The van der Waals surface area contributed by atoms with Crippen LogP contribution < -0.4 is 9.62 Å². The molecule has 45 heavy (non-hydrogen) atoms. The Hall–Kier alpha value is -3.66. The maximum Gasteiger partial charge on any atom is 0.264 e. The number of amides is 2. The van der Waals surface area contributed by atoms with Gasteiger partial charge in [0.15, 0.2) is 0 Å². The molecule has 236 valence electrons. The molecule has 0 saturated carbocycles. The van der Waals surface area contributed by atoms with Crippen LogP contribution >= 0.6 is 27.5 Å². The molecule has 0 spiro atoms. The molecule has 0 saturated heterocycles. The van der Waals surface area contributed by atoms with Crippen LogP contribution in [0.25, 0.3) is 0 Å². The van der Waals surface area contributed by atoms with E-state index in [1.165, 1.54) is 29.2 Å². The van der Waals surface area contributed by atoms with E-state index in [9.17, 15) is 18.0 Å². The lowest BCUT2D eigenvalue weighted by Crippen LogP contribution is -2.53. The zero-order valence-electron chi connectivity index (χ0n) is 25.3. The molecule has 0 fully saturated rings. The fourth-order valence-corrected chi connectivity index (χ4v) is 7.03. The van der Waals surface area contributed by atoms with Crippen LogP contribution in [0.5, 0.6) is 0 Å². The molecule has 2 amide bonds. The number of rotatable bonds is 14. The molecule has 4 rings (SSSR count). The Bertz CT molecular complexity index is 1700. The molecule has 0 aromatic heterocycles. The maximum atomic E-state index is 14.5. The predicted octanol–water partition coefficient (Wildman–Crippen LogP) is 7.16. The Balaban J connectivity index is 1.80.